The maximum Gasteiger partial charge on any atom is 0.0503 e. The average molecular weight is 212 g/mol. The number of likely N-dealkylation sites (tertiary alicyclic amines) is 1. The van der Waals surface area contributed by atoms with E-state index in [2.05, 4.69) is 17.1 Å². The summed E-state index contributed by atoms with van der Waals surface area (Å²) in [7, 11) is 1.81. The molecule has 1 heterocycles. The molecule has 1 aliphatic carbocycles. The Morgan fingerprint density at radius 2 is 2.20 bits per heavy atom. The van der Waals surface area contributed by atoms with E-state index in [4.69, 9.17) is 4.74 Å². The van der Waals surface area contributed by atoms with Crippen LogP contribution < -0.4 is 5.32 Å². The standard InChI is InChI=1S/C12H24N2O/c1-10(7-13-12-3-4-12)14-6-5-11(8-14)9-15-2/h10-13H,3-9H2,1-2H3. The van der Waals surface area contributed by atoms with Crippen molar-refractivity contribution < 1.29 is 4.74 Å². The van der Waals surface area contributed by atoms with E-state index in [0.29, 0.717) is 6.04 Å². The maximum atomic E-state index is 5.22. The van der Waals surface area contributed by atoms with Crippen LogP contribution in [0, 0.1) is 5.92 Å². The second-order valence-electron chi connectivity index (χ2n) is 5.14. The highest BCUT2D eigenvalue weighted by Crippen LogP contribution is 2.21. The molecule has 15 heavy (non-hydrogen) atoms. The number of ether oxygens (including phenoxy) is 1. The predicted molar refractivity (Wildman–Crippen MR) is 62.0 cm³/mol. The Hall–Kier alpha value is -0.120. The fourth-order valence-corrected chi connectivity index (χ4v) is 2.39. The molecule has 2 atom stereocenters. The number of nitrogens with one attached hydrogen (secondary N) is 1. The smallest absolute Gasteiger partial charge is 0.0503 e. The van der Waals surface area contributed by atoms with Crippen LogP contribution in [0.2, 0.25) is 0 Å². The van der Waals surface area contributed by atoms with Gasteiger partial charge >= 0.3 is 0 Å². The first-order valence-electron chi connectivity index (χ1n) is 6.26. The number of hydrogen-bond donors (Lipinski definition) is 1. The number of rotatable bonds is 6. The highest BCUT2D eigenvalue weighted by Gasteiger charge is 2.27. The van der Waals surface area contributed by atoms with Crippen molar-refractivity contribution >= 4 is 0 Å². The molecule has 0 aromatic rings. The van der Waals surface area contributed by atoms with Gasteiger partial charge in [0.1, 0.15) is 0 Å². The van der Waals surface area contributed by atoms with Crippen LogP contribution in [-0.2, 0) is 4.74 Å². The van der Waals surface area contributed by atoms with Gasteiger partial charge in [-0.1, -0.05) is 0 Å². The van der Waals surface area contributed by atoms with Crippen LogP contribution >= 0.6 is 0 Å². The minimum atomic E-state index is 0.687. The Labute approximate surface area is 93.2 Å². The van der Waals surface area contributed by atoms with Crippen LogP contribution in [0.15, 0.2) is 0 Å². The lowest BCUT2D eigenvalue weighted by atomic mass is 10.1. The van der Waals surface area contributed by atoms with Crippen LogP contribution in [0.4, 0.5) is 0 Å². The van der Waals surface area contributed by atoms with Crippen molar-refractivity contribution in [3.8, 4) is 0 Å². The fourth-order valence-electron chi connectivity index (χ4n) is 2.39. The normalized spacial score (nSPS) is 29.6. The number of nitrogens with zero attached hydrogens (tertiary/aromatic N) is 1. The topological polar surface area (TPSA) is 24.5 Å². The van der Waals surface area contributed by atoms with E-state index in [9.17, 15) is 0 Å². The zero-order valence-corrected chi connectivity index (χ0v) is 10.0. The highest BCUT2D eigenvalue weighted by molar-refractivity contribution is 4.85. The van der Waals surface area contributed by atoms with Gasteiger partial charge in [0.2, 0.25) is 0 Å². The molecular weight excluding hydrogens is 188 g/mol. The molecule has 1 saturated carbocycles. The first kappa shape index (κ1) is 11.4. The molecule has 2 aliphatic rings. The molecule has 0 aromatic heterocycles. The zero-order chi connectivity index (χ0) is 10.7. The lowest BCUT2D eigenvalue weighted by Gasteiger charge is -2.24. The van der Waals surface area contributed by atoms with E-state index in [0.717, 1.165) is 25.1 Å². The van der Waals surface area contributed by atoms with Crippen LogP contribution in [0.1, 0.15) is 26.2 Å². The van der Waals surface area contributed by atoms with Gasteiger partial charge in [0.05, 0.1) is 6.61 Å². The van der Waals surface area contributed by atoms with Gasteiger partial charge in [-0.3, -0.25) is 4.90 Å². The quantitative estimate of drug-likeness (QED) is 0.713. The average Bonchev–Trinajstić information content (AvgIpc) is 2.94. The third-order valence-corrected chi connectivity index (χ3v) is 3.62. The summed E-state index contributed by atoms with van der Waals surface area (Å²) in [6, 6.07) is 1.53. The first-order valence-corrected chi connectivity index (χ1v) is 6.26. The minimum absolute atomic E-state index is 0.687. The molecule has 1 N–H and O–H groups in total. The van der Waals surface area contributed by atoms with Crippen molar-refractivity contribution in [3.63, 3.8) is 0 Å². The summed E-state index contributed by atoms with van der Waals surface area (Å²) >= 11 is 0. The third-order valence-electron chi connectivity index (χ3n) is 3.62. The van der Waals surface area contributed by atoms with Gasteiger partial charge in [-0.15, -0.1) is 0 Å². The Morgan fingerprint density at radius 1 is 1.40 bits per heavy atom. The molecule has 0 amide bonds. The lowest BCUT2D eigenvalue weighted by Crippen LogP contribution is -2.39. The van der Waals surface area contributed by atoms with E-state index in [1.54, 1.807) is 7.11 Å². The van der Waals surface area contributed by atoms with E-state index in [1.807, 2.05) is 0 Å². The van der Waals surface area contributed by atoms with Crippen LogP contribution in [0.5, 0.6) is 0 Å². The van der Waals surface area contributed by atoms with Crippen molar-refractivity contribution in [3.05, 3.63) is 0 Å². The molecule has 0 radical (unpaired) electrons. The molecule has 1 aliphatic heterocycles. The number of hydrogen-bond acceptors (Lipinski definition) is 3. The summed E-state index contributed by atoms with van der Waals surface area (Å²) in [5, 5.41) is 3.61. The maximum absolute atomic E-state index is 5.22. The molecule has 1 saturated heterocycles. The van der Waals surface area contributed by atoms with Crippen molar-refractivity contribution in [2.75, 3.05) is 33.4 Å². The van der Waals surface area contributed by atoms with Gasteiger partial charge in [-0.2, -0.15) is 0 Å². The molecule has 3 nitrogen and oxygen atoms in total. The molecule has 2 rings (SSSR count). The summed E-state index contributed by atoms with van der Waals surface area (Å²) in [4.78, 5) is 2.60. The van der Waals surface area contributed by atoms with Gasteiger partial charge in [0.25, 0.3) is 0 Å². The molecule has 0 aromatic carbocycles. The SMILES string of the molecule is COCC1CCN(C(C)CNC2CC2)C1. The second-order valence-corrected chi connectivity index (χ2v) is 5.14. The van der Waals surface area contributed by atoms with Gasteiger partial charge in [0.15, 0.2) is 0 Å². The molecule has 88 valence electrons. The van der Waals surface area contributed by atoms with E-state index in [1.165, 1.54) is 32.4 Å². The summed E-state index contributed by atoms with van der Waals surface area (Å²) < 4.78 is 5.22. The Morgan fingerprint density at radius 3 is 2.87 bits per heavy atom. The first-order chi connectivity index (χ1) is 7.29. The van der Waals surface area contributed by atoms with Crippen molar-refractivity contribution in [2.24, 2.45) is 5.92 Å². The molecular formula is C12H24N2O. The van der Waals surface area contributed by atoms with Crippen molar-refractivity contribution in [1.29, 1.82) is 0 Å². The monoisotopic (exact) mass is 212 g/mol. The Kier molecular flexibility index (Phi) is 4.00. The van der Waals surface area contributed by atoms with Gasteiger partial charge in [0, 0.05) is 32.3 Å². The van der Waals surface area contributed by atoms with E-state index in [-0.39, 0.29) is 0 Å². The van der Waals surface area contributed by atoms with E-state index < -0.39 is 0 Å². The van der Waals surface area contributed by atoms with Crippen molar-refractivity contribution in [2.45, 2.75) is 38.3 Å². The van der Waals surface area contributed by atoms with Crippen LogP contribution in [0.25, 0.3) is 0 Å². The number of methoxy groups -OCH3 is 1. The molecule has 0 spiro atoms. The lowest BCUT2D eigenvalue weighted by molar-refractivity contribution is 0.148. The summed E-state index contributed by atoms with van der Waals surface area (Å²) in [5.74, 6) is 0.762. The minimum Gasteiger partial charge on any atom is -0.384 e. The zero-order valence-electron chi connectivity index (χ0n) is 10.0. The van der Waals surface area contributed by atoms with E-state index >= 15 is 0 Å². The molecule has 3 heteroatoms. The summed E-state index contributed by atoms with van der Waals surface area (Å²) in [6.45, 7) is 6.90. The Bertz CT molecular complexity index is 194. The highest BCUT2D eigenvalue weighted by atomic mass is 16.5. The molecule has 2 unspecified atom stereocenters. The van der Waals surface area contributed by atoms with Crippen LogP contribution in [-0.4, -0.2) is 50.3 Å². The largest absolute Gasteiger partial charge is 0.384 e. The van der Waals surface area contributed by atoms with Gasteiger partial charge in [-0.25, -0.2) is 0 Å². The Balaban J connectivity index is 1.64. The fraction of sp³-hybridized carbons (Fsp3) is 1.00. The predicted octanol–water partition coefficient (Wildman–Crippen LogP) is 1.10. The van der Waals surface area contributed by atoms with Crippen LogP contribution in [0.3, 0.4) is 0 Å². The van der Waals surface area contributed by atoms with Gasteiger partial charge in [-0.05, 0) is 38.6 Å². The van der Waals surface area contributed by atoms with Gasteiger partial charge < -0.3 is 10.1 Å². The van der Waals surface area contributed by atoms with Crippen molar-refractivity contribution in [1.82, 2.24) is 10.2 Å². The molecule has 0 bridgehead atoms. The summed E-state index contributed by atoms with van der Waals surface area (Å²) in [6.07, 6.45) is 4.08. The summed E-state index contributed by atoms with van der Waals surface area (Å²) in [5.41, 5.74) is 0. The third kappa shape index (κ3) is 3.44. The second kappa shape index (κ2) is 5.28. The molecule has 2 fully saturated rings.